The Morgan fingerprint density at radius 1 is 1.39 bits per heavy atom. The number of anilines is 1. The van der Waals surface area contributed by atoms with Crippen LogP contribution >= 0.6 is 0 Å². The molecule has 3 N–H and O–H groups in total. The molecule has 0 atom stereocenters. The summed E-state index contributed by atoms with van der Waals surface area (Å²) in [5, 5.41) is 0. The predicted octanol–water partition coefficient (Wildman–Crippen LogP) is 1.91. The summed E-state index contributed by atoms with van der Waals surface area (Å²) < 4.78 is 26.8. The molecule has 100 valence electrons. The molecule has 1 saturated carbocycles. The van der Waals surface area contributed by atoms with Crippen molar-refractivity contribution in [3.63, 3.8) is 0 Å². The van der Waals surface area contributed by atoms with Gasteiger partial charge in [-0.2, -0.15) is 0 Å². The number of nitrogens with two attached hydrogens (primary N) is 1. The molecule has 0 spiro atoms. The van der Waals surface area contributed by atoms with Crippen molar-refractivity contribution in [1.29, 1.82) is 0 Å². The van der Waals surface area contributed by atoms with E-state index in [1.54, 1.807) is 18.2 Å². The van der Waals surface area contributed by atoms with E-state index in [2.05, 4.69) is 4.72 Å². The van der Waals surface area contributed by atoms with E-state index in [0.717, 1.165) is 24.8 Å². The minimum atomic E-state index is -3.41. The summed E-state index contributed by atoms with van der Waals surface area (Å²) in [6, 6.07) is 4.95. The lowest BCUT2D eigenvalue weighted by atomic mass is 9.86. The minimum Gasteiger partial charge on any atom is -0.398 e. The van der Waals surface area contributed by atoms with Crippen LogP contribution in [0.2, 0.25) is 0 Å². The minimum absolute atomic E-state index is 0.261. The van der Waals surface area contributed by atoms with E-state index in [1.807, 2.05) is 6.92 Å². The van der Waals surface area contributed by atoms with Crippen LogP contribution in [0.25, 0.3) is 0 Å². The third-order valence-electron chi connectivity index (χ3n) is 3.60. The first-order chi connectivity index (χ1) is 8.53. The van der Waals surface area contributed by atoms with Gasteiger partial charge in [0, 0.05) is 12.2 Å². The quantitative estimate of drug-likeness (QED) is 0.801. The summed E-state index contributed by atoms with van der Waals surface area (Å²) in [5.41, 5.74) is 7.35. The number of nitrogen functional groups attached to an aromatic ring is 1. The van der Waals surface area contributed by atoms with E-state index >= 15 is 0 Å². The Morgan fingerprint density at radius 3 is 2.61 bits per heavy atom. The second-order valence-corrected chi connectivity index (χ2v) is 6.63. The Labute approximate surface area is 109 Å². The van der Waals surface area contributed by atoms with Gasteiger partial charge in [0.2, 0.25) is 10.0 Å². The van der Waals surface area contributed by atoms with Crippen LogP contribution in [0.4, 0.5) is 5.69 Å². The Morgan fingerprint density at radius 2 is 2.11 bits per heavy atom. The molecule has 18 heavy (non-hydrogen) atoms. The lowest BCUT2D eigenvalue weighted by Crippen LogP contribution is -2.32. The maximum Gasteiger partial charge on any atom is 0.240 e. The van der Waals surface area contributed by atoms with Gasteiger partial charge in [0.1, 0.15) is 0 Å². The second-order valence-electron chi connectivity index (χ2n) is 4.86. The number of rotatable bonds is 5. The molecule has 1 aromatic carbocycles. The molecule has 0 unspecified atom stereocenters. The monoisotopic (exact) mass is 268 g/mol. The van der Waals surface area contributed by atoms with Crippen LogP contribution in [-0.2, 0) is 16.4 Å². The molecule has 5 heteroatoms. The van der Waals surface area contributed by atoms with Gasteiger partial charge in [0.15, 0.2) is 0 Å². The van der Waals surface area contributed by atoms with Crippen molar-refractivity contribution in [3.8, 4) is 0 Å². The number of aryl methyl sites for hydroxylation is 1. The smallest absolute Gasteiger partial charge is 0.240 e. The summed E-state index contributed by atoms with van der Waals surface area (Å²) in [5.74, 6) is 0.507. The largest absolute Gasteiger partial charge is 0.398 e. The fourth-order valence-corrected chi connectivity index (χ4v) is 3.22. The fraction of sp³-hybridized carbons (Fsp3) is 0.538. The molecule has 0 aliphatic heterocycles. The first-order valence-corrected chi connectivity index (χ1v) is 7.89. The van der Waals surface area contributed by atoms with Gasteiger partial charge in [-0.1, -0.05) is 19.4 Å². The van der Waals surface area contributed by atoms with Crippen molar-refractivity contribution < 1.29 is 8.42 Å². The van der Waals surface area contributed by atoms with Crippen molar-refractivity contribution in [2.24, 2.45) is 5.92 Å². The molecule has 0 bridgehead atoms. The average Bonchev–Trinajstić information content (AvgIpc) is 2.26. The van der Waals surface area contributed by atoms with Crippen LogP contribution in [-0.4, -0.2) is 15.0 Å². The Kier molecular flexibility index (Phi) is 3.92. The normalized spacial score (nSPS) is 16.5. The third-order valence-corrected chi connectivity index (χ3v) is 5.02. The van der Waals surface area contributed by atoms with Crippen molar-refractivity contribution in [3.05, 3.63) is 23.8 Å². The Bertz CT molecular complexity index is 522. The standard InChI is InChI=1S/C13H20N2O2S/c1-2-11-6-7-12(8-13(11)14)18(16,17)15-9-10-4-3-5-10/h6-8,10,15H,2-5,9,14H2,1H3. The highest BCUT2D eigenvalue weighted by Gasteiger charge is 2.21. The van der Waals surface area contributed by atoms with Gasteiger partial charge >= 0.3 is 0 Å². The van der Waals surface area contributed by atoms with Crippen molar-refractivity contribution in [2.75, 3.05) is 12.3 Å². The van der Waals surface area contributed by atoms with E-state index in [1.165, 1.54) is 6.42 Å². The van der Waals surface area contributed by atoms with Crippen LogP contribution in [0.3, 0.4) is 0 Å². The average molecular weight is 268 g/mol. The maximum atomic E-state index is 12.1. The van der Waals surface area contributed by atoms with Crippen LogP contribution in [0, 0.1) is 5.92 Å². The Balaban J connectivity index is 2.10. The zero-order valence-electron chi connectivity index (χ0n) is 10.6. The fourth-order valence-electron chi connectivity index (χ4n) is 2.07. The van der Waals surface area contributed by atoms with Crippen LogP contribution in [0.15, 0.2) is 23.1 Å². The van der Waals surface area contributed by atoms with E-state index in [4.69, 9.17) is 5.73 Å². The molecule has 2 rings (SSSR count). The van der Waals surface area contributed by atoms with Crippen molar-refractivity contribution in [2.45, 2.75) is 37.5 Å². The summed E-state index contributed by atoms with van der Waals surface area (Å²) in [6.07, 6.45) is 4.27. The zero-order valence-corrected chi connectivity index (χ0v) is 11.5. The number of nitrogens with one attached hydrogen (secondary N) is 1. The van der Waals surface area contributed by atoms with Crippen LogP contribution in [0.1, 0.15) is 31.7 Å². The SMILES string of the molecule is CCc1ccc(S(=O)(=O)NCC2CCC2)cc1N. The summed E-state index contributed by atoms with van der Waals surface area (Å²) in [4.78, 5) is 0.261. The molecule has 1 aliphatic carbocycles. The molecule has 0 heterocycles. The topological polar surface area (TPSA) is 72.2 Å². The van der Waals surface area contributed by atoms with Gasteiger partial charge in [-0.15, -0.1) is 0 Å². The predicted molar refractivity (Wildman–Crippen MR) is 72.8 cm³/mol. The molecule has 0 aromatic heterocycles. The van der Waals surface area contributed by atoms with Crippen LogP contribution < -0.4 is 10.5 Å². The molecule has 1 fully saturated rings. The molecule has 4 nitrogen and oxygen atoms in total. The molecular weight excluding hydrogens is 248 g/mol. The van der Waals surface area contributed by atoms with E-state index in [9.17, 15) is 8.42 Å². The molecule has 0 radical (unpaired) electrons. The van der Waals surface area contributed by atoms with Gasteiger partial charge in [-0.25, -0.2) is 13.1 Å². The molecule has 0 saturated heterocycles. The van der Waals surface area contributed by atoms with Gasteiger partial charge in [-0.3, -0.25) is 0 Å². The lowest BCUT2D eigenvalue weighted by molar-refractivity contribution is 0.316. The molecule has 1 aliphatic rings. The maximum absolute atomic E-state index is 12.1. The summed E-state index contributed by atoms with van der Waals surface area (Å²) >= 11 is 0. The van der Waals surface area contributed by atoms with E-state index in [0.29, 0.717) is 18.2 Å². The molecular formula is C13H20N2O2S. The zero-order chi connectivity index (χ0) is 13.2. The number of benzene rings is 1. The molecule has 1 aromatic rings. The van der Waals surface area contributed by atoms with Gasteiger partial charge in [0.25, 0.3) is 0 Å². The highest BCUT2D eigenvalue weighted by Crippen LogP contribution is 2.26. The number of sulfonamides is 1. The third kappa shape index (κ3) is 2.84. The first kappa shape index (κ1) is 13.4. The van der Waals surface area contributed by atoms with Crippen LogP contribution in [0.5, 0.6) is 0 Å². The lowest BCUT2D eigenvalue weighted by Gasteiger charge is -2.25. The van der Waals surface area contributed by atoms with Gasteiger partial charge in [-0.05, 0) is 42.9 Å². The molecule has 0 amide bonds. The van der Waals surface area contributed by atoms with E-state index < -0.39 is 10.0 Å². The van der Waals surface area contributed by atoms with Crippen molar-refractivity contribution >= 4 is 15.7 Å². The number of hydrogen-bond donors (Lipinski definition) is 2. The number of hydrogen-bond acceptors (Lipinski definition) is 3. The highest BCUT2D eigenvalue weighted by molar-refractivity contribution is 7.89. The Hall–Kier alpha value is -1.07. The van der Waals surface area contributed by atoms with Crippen molar-refractivity contribution in [1.82, 2.24) is 4.72 Å². The van der Waals surface area contributed by atoms with Gasteiger partial charge < -0.3 is 5.73 Å². The van der Waals surface area contributed by atoms with E-state index in [-0.39, 0.29) is 4.90 Å². The highest BCUT2D eigenvalue weighted by atomic mass is 32.2. The summed E-state index contributed by atoms with van der Waals surface area (Å²) in [7, 11) is -3.41. The first-order valence-electron chi connectivity index (χ1n) is 6.41. The second kappa shape index (κ2) is 5.28. The summed E-state index contributed by atoms with van der Waals surface area (Å²) in [6.45, 7) is 2.53. The van der Waals surface area contributed by atoms with Gasteiger partial charge in [0.05, 0.1) is 4.90 Å².